The molecule has 0 aliphatic carbocycles. The number of nitrogens with zero attached hydrogens (tertiary/aromatic N) is 1. The van der Waals surface area contributed by atoms with Gasteiger partial charge in [-0.1, -0.05) is 18.2 Å². The highest BCUT2D eigenvalue weighted by atomic mass is 16.5. The first-order valence-electron chi connectivity index (χ1n) is 8.02. The van der Waals surface area contributed by atoms with Crippen molar-refractivity contribution >= 4 is 23.2 Å². The van der Waals surface area contributed by atoms with Crippen LogP contribution >= 0.6 is 0 Å². The van der Waals surface area contributed by atoms with Gasteiger partial charge in [0, 0.05) is 36.1 Å². The Kier molecular flexibility index (Phi) is 4.88. The van der Waals surface area contributed by atoms with Crippen LogP contribution in [0.15, 0.2) is 48.5 Å². The van der Waals surface area contributed by atoms with Crippen LogP contribution in [0.1, 0.15) is 6.42 Å². The molecule has 3 rings (SSSR count). The SMILES string of the molecule is COc1cc(NC(=O)C2CCN(c3ccccc3)C2=O)cc(OC)c1. The van der Waals surface area contributed by atoms with E-state index >= 15 is 0 Å². The number of amides is 2. The first-order chi connectivity index (χ1) is 12.1. The van der Waals surface area contributed by atoms with E-state index in [1.165, 1.54) is 0 Å². The summed E-state index contributed by atoms with van der Waals surface area (Å²) >= 11 is 0. The molecular formula is C19H20N2O4. The fourth-order valence-corrected chi connectivity index (χ4v) is 2.90. The standard InChI is InChI=1S/C19H20N2O4/c1-24-15-10-13(11-16(12-15)25-2)20-18(22)17-8-9-21(19(17)23)14-6-4-3-5-7-14/h3-7,10-12,17H,8-9H2,1-2H3,(H,20,22). The average molecular weight is 340 g/mol. The van der Waals surface area contributed by atoms with Gasteiger partial charge < -0.3 is 19.7 Å². The van der Waals surface area contributed by atoms with Crippen molar-refractivity contribution in [1.82, 2.24) is 0 Å². The number of hydrogen-bond donors (Lipinski definition) is 1. The molecule has 1 saturated heterocycles. The second-order valence-electron chi connectivity index (χ2n) is 5.76. The highest BCUT2D eigenvalue weighted by Gasteiger charge is 2.37. The maximum atomic E-state index is 12.6. The van der Waals surface area contributed by atoms with Crippen molar-refractivity contribution in [3.8, 4) is 11.5 Å². The number of benzene rings is 2. The zero-order chi connectivity index (χ0) is 17.8. The van der Waals surface area contributed by atoms with Crippen molar-refractivity contribution in [2.24, 2.45) is 5.92 Å². The summed E-state index contributed by atoms with van der Waals surface area (Å²) in [4.78, 5) is 26.8. The van der Waals surface area contributed by atoms with Crippen LogP contribution in [0.3, 0.4) is 0 Å². The van der Waals surface area contributed by atoms with Crippen LogP contribution in [0.5, 0.6) is 11.5 Å². The third-order valence-corrected chi connectivity index (χ3v) is 4.21. The molecule has 0 bridgehead atoms. The van der Waals surface area contributed by atoms with Gasteiger partial charge in [0.05, 0.1) is 14.2 Å². The first kappa shape index (κ1) is 16.8. The summed E-state index contributed by atoms with van der Waals surface area (Å²) in [6.45, 7) is 0.530. The van der Waals surface area contributed by atoms with Crippen molar-refractivity contribution in [3.63, 3.8) is 0 Å². The Morgan fingerprint density at radius 3 is 2.32 bits per heavy atom. The third-order valence-electron chi connectivity index (χ3n) is 4.21. The molecule has 2 aromatic rings. The average Bonchev–Trinajstić information content (AvgIpc) is 3.03. The van der Waals surface area contributed by atoms with Gasteiger partial charge in [-0.25, -0.2) is 0 Å². The van der Waals surface area contributed by atoms with Crippen LogP contribution in [-0.4, -0.2) is 32.6 Å². The van der Waals surface area contributed by atoms with Crippen LogP contribution in [-0.2, 0) is 9.59 Å². The van der Waals surface area contributed by atoms with E-state index in [2.05, 4.69) is 5.32 Å². The highest BCUT2D eigenvalue weighted by Crippen LogP contribution is 2.29. The van der Waals surface area contributed by atoms with Crippen molar-refractivity contribution < 1.29 is 19.1 Å². The summed E-state index contributed by atoms with van der Waals surface area (Å²) in [6.07, 6.45) is 0.487. The van der Waals surface area contributed by atoms with Gasteiger partial charge in [0.25, 0.3) is 0 Å². The number of carbonyl (C=O) groups is 2. The third kappa shape index (κ3) is 3.57. The van der Waals surface area contributed by atoms with Gasteiger partial charge in [0.1, 0.15) is 17.4 Å². The lowest BCUT2D eigenvalue weighted by Gasteiger charge is -2.17. The molecule has 2 aromatic carbocycles. The Balaban J connectivity index is 1.73. The molecule has 1 aliphatic rings. The van der Waals surface area contributed by atoms with Gasteiger partial charge in [-0.15, -0.1) is 0 Å². The minimum absolute atomic E-state index is 0.182. The molecule has 25 heavy (non-hydrogen) atoms. The van der Waals surface area contributed by atoms with Crippen LogP contribution < -0.4 is 19.7 Å². The molecule has 2 amide bonds. The van der Waals surface area contributed by atoms with E-state index in [0.29, 0.717) is 30.2 Å². The van der Waals surface area contributed by atoms with Crippen molar-refractivity contribution in [1.29, 1.82) is 0 Å². The maximum absolute atomic E-state index is 12.6. The van der Waals surface area contributed by atoms with Crippen molar-refractivity contribution in [3.05, 3.63) is 48.5 Å². The number of rotatable bonds is 5. The van der Waals surface area contributed by atoms with E-state index in [1.807, 2.05) is 30.3 Å². The Hall–Kier alpha value is -3.02. The lowest BCUT2D eigenvalue weighted by Crippen LogP contribution is -2.33. The Bertz CT molecular complexity index is 754. The molecule has 6 heteroatoms. The number of anilines is 2. The molecule has 130 valence electrons. The molecular weight excluding hydrogens is 320 g/mol. The monoisotopic (exact) mass is 340 g/mol. The summed E-state index contributed by atoms with van der Waals surface area (Å²) in [6, 6.07) is 14.5. The number of carbonyl (C=O) groups excluding carboxylic acids is 2. The van der Waals surface area contributed by atoms with Gasteiger partial charge in [-0.2, -0.15) is 0 Å². The summed E-state index contributed by atoms with van der Waals surface area (Å²) in [5.74, 6) is -0.0636. The van der Waals surface area contributed by atoms with Crippen LogP contribution in [0.2, 0.25) is 0 Å². The largest absolute Gasteiger partial charge is 0.497 e. The highest BCUT2D eigenvalue weighted by molar-refractivity contribution is 6.13. The van der Waals surface area contributed by atoms with E-state index in [-0.39, 0.29) is 11.8 Å². The molecule has 1 aliphatic heterocycles. The minimum Gasteiger partial charge on any atom is -0.497 e. The van der Waals surface area contributed by atoms with E-state index in [9.17, 15) is 9.59 Å². The lowest BCUT2D eigenvalue weighted by molar-refractivity contribution is -0.129. The van der Waals surface area contributed by atoms with Gasteiger partial charge in [0.2, 0.25) is 11.8 Å². The van der Waals surface area contributed by atoms with Crippen molar-refractivity contribution in [2.45, 2.75) is 6.42 Å². The molecule has 0 radical (unpaired) electrons. The molecule has 1 unspecified atom stereocenters. The Labute approximate surface area is 146 Å². The van der Waals surface area contributed by atoms with E-state index in [4.69, 9.17) is 9.47 Å². The second kappa shape index (κ2) is 7.25. The van der Waals surface area contributed by atoms with E-state index in [0.717, 1.165) is 5.69 Å². The molecule has 0 aromatic heterocycles. The first-order valence-corrected chi connectivity index (χ1v) is 8.02. The van der Waals surface area contributed by atoms with Crippen molar-refractivity contribution in [2.75, 3.05) is 31.0 Å². The van der Waals surface area contributed by atoms with Crippen LogP contribution in [0.25, 0.3) is 0 Å². The zero-order valence-corrected chi connectivity index (χ0v) is 14.2. The molecule has 6 nitrogen and oxygen atoms in total. The summed E-state index contributed by atoms with van der Waals surface area (Å²) in [7, 11) is 3.08. The number of hydrogen-bond acceptors (Lipinski definition) is 4. The van der Waals surface area contributed by atoms with E-state index < -0.39 is 5.92 Å². The smallest absolute Gasteiger partial charge is 0.239 e. The molecule has 0 saturated carbocycles. The van der Waals surface area contributed by atoms with Gasteiger partial charge in [0.15, 0.2) is 0 Å². The van der Waals surface area contributed by atoms with Crippen LogP contribution in [0, 0.1) is 5.92 Å². The minimum atomic E-state index is -0.697. The number of nitrogens with one attached hydrogen (secondary N) is 1. The topological polar surface area (TPSA) is 67.9 Å². The fourth-order valence-electron chi connectivity index (χ4n) is 2.90. The number of para-hydroxylation sites is 1. The van der Waals surface area contributed by atoms with Gasteiger partial charge in [-0.3, -0.25) is 9.59 Å². The second-order valence-corrected chi connectivity index (χ2v) is 5.76. The molecule has 1 fully saturated rings. The summed E-state index contributed by atoms with van der Waals surface area (Å²) in [5.41, 5.74) is 1.35. The number of methoxy groups -OCH3 is 2. The molecule has 0 spiro atoms. The Morgan fingerprint density at radius 2 is 1.72 bits per heavy atom. The predicted molar refractivity (Wildman–Crippen MR) is 95.1 cm³/mol. The summed E-state index contributed by atoms with van der Waals surface area (Å²) < 4.78 is 10.4. The normalized spacial score (nSPS) is 16.6. The number of ether oxygens (including phenoxy) is 2. The van der Waals surface area contributed by atoms with Crippen LogP contribution in [0.4, 0.5) is 11.4 Å². The molecule has 1 atom stereocenters. The quantitative estimate of drug-likeness (QED) is 0.850. The summed E-state index contributed by atoms with van der Waals surface area (Å²) in [5, 5.41) is 2.79. The lowest BCUT2D eigenvalue weighted by atomic mass is 10.1. The molecule has 1 heterocycles. The fraction of sp³-hybridized carbons (Fsp3) is 0.263. The maximum Gasteiger partial charge on any atom is 0.239 e. The Morgan fingerprint density at radius 1 is 1.08 bits per heavy atom. The zero-order valence-electron chi connectivity index (χ0n) is 14.2. The molecule has 1 N–H and O–H groups in total. The predicted octanol–water partition coefficient (Wildman–Crippen LogP) is 2.70. The van der Waals surface area contributed by atoms with Gasteiger partial charge in [-0.05, 0) is 18.6 Å². The van der Waals surface area contributed by atoms with Gasteiger partial charge >= 0.3 is 0 Å². The van der Waals surface area contributed by atoms with E-state index in [1.54, 1.807) is 37.3 Å².